The molecular weight excluding hydrogens is 456 g/mol. The highest BCUT2D eigenvalue weighted by atomic mass is 35.5. The number of carbonyl (C=O) groups is 1. The van der Waals surface area contributed by atoms with E-state index in [0.29, 0.717) is 27.2 Å². The molecule has 0 spiro atoms. The van der Waals surface area contributed by atoms with Crippen LogP contribution in [0, 0.1) is 12.3 Å². The molecule has 1 amide bonds. The Morgan fingerprint density at radius 1 is 1.27 bits per heavy atom. The minimum Gasteiger partial charge on any atom is -0.495 e. The third-order valence-corrected chi connectivity index (χ3v) is 6.86. The number of hydrogen-bond acceptors (Lipinski definition) is 6. The molecule has 1 fully saturated rings. The minimum atomic E-state index is -0.738. The first-order valence-corrected chi connectivity index (χ1v) is 11.9. The molecule has 4 rings (SSSR count). The van der Waals surface area contributed by atoms with Crippen LogP contribution in [0.3, 0.4) is 0 Å². The number of aromatic nitrogens is 1. The van der Waals surface area contributed by atoms with Crippen molar-refractivity contribution in [1.29, 1.82) is 0 Å². The SMILES string of the molecule is C#CC(C)(c1ccc(Cl)cc1)c1csc(NC(=O)c2ccc(N3CCNCC3)c(OC)c2)n1. The molecular formula is C25H25ClN4O2S. The lowest BCUT2D eigenvalue weighted by Crippen LogP contribution is -2.43. The van der Waals surface area contributed by atoms with E-state index in [-0.39, 0.29) is 5.91 Å². The first kappa shape index (κ1) is 23.1. The van der Waals surface area contributed by atoms with Gasteiger partial charge in [0.15, 0.2) is 5.13 Å². The van der Waals surface area contributed by atoms with E-state index in [1.54, 1.807) is 25.3 Å². The summed E-state index contributed by atoms with van der Waals surface area (Å²) in [5, 5.41) is 9.22. The normalized spacial score (nSPS) is 15.4. The van der Waals surface area contributed by atoms with Crippen molar-refractivity contribution in [2.24, 2.45) is 0 Å². The van der Waals surface area contributed by atoms with Crippen molar-refractivity contribution in [1.82, 2.24) is 10.3 Å². The Balaban J connectivity index is 1.52. The van der Waals surface area contributed by atoms with E-state index in [1.807, 2.05) is 36.6 Å². The van der Waals surface area contributed by atoms with Crippen molar-refractivity contribution in [2.45, 2.75) is 12.3 Å². The summed E-state index contributed by atoms with van der Waals surface area (Å²) in [6.07, 6.45) is 5.89. The van der Waals surface area contributed by atoms with Crippen LogP contribution >= 0.6 is 22.9 Å². The van der Waals surface area contributed by atoms with Gasteiger partial charge in [-0.05, 0) is 42.8 Å². The van der Waals surface area contributed by atoms with Crippen LogP contribution in [0.15, 0.2) is 47.8 Å². The fourth-order valence-corrected chi connectivity index (χ4v) is 4.74. The molecule has 6 nitrogen and oxygen atoms in total. The summed E-state index contributed by atoms with van der Waals surface area (Å²) in [5.74, 6) is 3.26. The van der Waals surface area contributed by atoms with Crippen LogP contribution in [-0.2, 0) is 5.41 Å². The number of amides is 1. The number of ether oxygens (including phenoxy) is 1. The number of halogens is 1. The Kier molecular flexibility index (Phi) is 6.89. The number of benzene rings is 2. The van der Waals surface area contributed by atoms with Gasteiger partial charge in [-0.25, -0.2) is 4.98 Å². The Morgan fingerprint density at radius 2 is 2.00 bits per heavy atom. The number of piperazine rings is 1. The zero-order chi connectivity index (χ0) is 23.4. The summed E-state index contributed by atoms with van der Waals surface area (Å²) in [6, 6.07) is 12.9. The van der Waals surface area contributed by atoms with E-state index < -0.39 is 5.41 Å². The van der Waals surface area contributed by atoms with Crippen molar-refractivity contribution in [2.75, 3.05) is 43.5 Å². The van der Waals surface area contributed by atoms with Gasteiger partial charge in [-0.2, -0.15) is 0 Å². The van der Waals surface area contributed by atoms with Crippen molar-refractivity contribution in [3.63, 3.8) is 0 Å². The lowest BCUT2D eigenvalue weighted by Gasteiger charge is -2.30. The molecule has 1 aliphatic rings. The van der Waals surface area contributed by atoms with Crippen LogP contribution < -0.4 is 20.3 Å². The fourth-order valence-electron chi connectivity index (χ4n) is 3.80. The molecule has 1 unspecified atom stereocenters. The molecule has 2 aromatic carbocycles. The largest absolute Gasteiger partial charge is 0.495 e. The summed E-state index contributed by atoms with van der Waals surface area (Å²) < 4.78 is 5.57. The first-order valence-electron chi connectivity index (χ1n) is 10.6. The van der Waals surface area contributed by atoms with Gasteiger partial charge in [0.05, 0.1) is 23.9 Å². The van der Waals surface area contributed by atoms with E-state index >= 15 is 0 Å². The maximum atomic E-state index is 12.9. The van der Waals surface area contributed by atoms with Gasteiger partial charge >= 0.3 is 0 Å². The predicted molar refractivity (Wildman–Crippen MR) is 135 cm³/mol. The second kappa shape index (κ2) is 9.84. The molecule has 3 aromatic rings. The second-order valence-electron chi connectivity index (χ2n) is 7.89. The highest BCUT2D eigenvalue weighted by Crippen LogP contribution is 2.34. The van der Waals surface area contributed by atoms with E-state index in [4.69, 9.17) is 22.8 Å². The van der Waals surface area contributed by atoms with E-state index in [0.717, 1.165) is 37.4 Å². The Morgan fingerprint density at radius 3 is 2.67 bits per heavy atom. The fraction of sp³-hybridized carbons (Fsp3) is 0.280. The Labute approximate surface area is 202 Å². The van der Waals surface area contributed by atoms with Gasteiger partial charge < -0.3 is 15.0 Å². The third-order valence-electron chi connectivity index (χ3n) is 5.85. The number of carbonyl (C=O) groups excluding carboxylic acids is 1. The Bertz CT molecular complexity index is 1180. The predicted octanol–water partition coefficient (Wildman–Crippen LogP) is 4.41. The monoisotopic (exact) mass is 480 g/mol. The average Bonchev–Trinajstić information content (AvgIpc) is 3.33. The van der Waals surface area contributed by atoms with Gasteiger partial charge in [-0.15, -0.1) is 17.8 Å². The standard InChI is InChI=1S/C25H25ClN4O2S/c1-4-25(2,18-6-8-19(26)9-7-18)22-16-33-24(28-22)29-23(31)17-5-10-20(21(15-17)32-3)30-13-11-27-12-14-30/h1,5-10,15-16,27H,11-14H2,2-3H3,(H,28,29,31). The molecule has 1 aliphatic heterocycles. The molecule has 2 N–H and O–H groups in total. The highest BCUT2D eigenvalue weighted by Gasteiger charge is 2.30. The summed E-state index contributed by atoms with van der Waals surface area (Å²) in [4.78, 5) is 19.8. The van der Waals surface area contributed by atoms with E-state index in [2.05, 4.69) is 26.4 Å². The number of terminal acetylenes is 1. The van der Waals surface area contributed by atoms with Crippen LogP contribution in [0.1, 0.15) is 28.5 Å². The molecule has 2 heterocycles. The van der Waals surface area contributed by atoms with Crippen molar-refractivity contribution >= 4 is 39.7 Å². The molecule has 33 heavy (non-hydrogen) atoms. The summed E-state index contributed by atoms with van der Waals surface area (Å²) in [6.45, 7) is 5.56. The van der Waals surface area contributed by atoms with Crippen LogP contribution in [-0.4, -0.2) is 44.2 Å². The number of anilines is 2. The number of nitrogens with zero attached hydrogens (tertiary/aromatic N) is 2. The van der Waals surface area contributed by atoms with Crippen molar-refractivity contribution < 1.29 is 9.53 Å². The molecule has 1 aromatic heterocycles. The molecule has 1 saturated heterocycles. The van der Waals surface area contributed by atoms with Gasteiger partial charge in [-0.1, -0.05) is 29.7 Å². The average molecular weight is 481 g/mol. The number of thiazole rings is 1. The number of methoxy groups -OCH3 is 1. The van der Waals surface area contributed by atoms with Gasteiger partial charge in [0.25, 0.3) is 5.91 Å². The van der Waals surface area contributed by atoms with Crippen LogP contribution in [0.4, 0.5) is 10.8 Å². The van der Waals surface area contributed by atoms with Crippen molar-refractivity contribution in [3.8, 4) is 18.1 Å². The van der Waals surface area contributed by atoms with Gasteiger partial charge in [0, 0.05) is 42.1 Å². The van der Waals surface area contributed by atoms with E-state index in [9.17, 15) is 4.79 Å². The van der Waals surface area contributed by atoms with Gasteiger partial charge in [0.2, 0.25) is 0 Å². The number of nitrogens with one attached hydrogen (secondary N) is 2. The molecule has 8 heteroatoms. The maximum absolute atomic E-state index is 12.9. The minimum absolute atomic E-state index is 0.255. The van der Waals surface area contributed by atoms with Gasteiger partial charge in [-0.3, -0.25) is 10.1 Å². The van der Waals surface area contributed by atoms with Crippen LogP contribution in [0.25, 0.3) is 0 Å². The zero-order valence-corrected chi connectivity index (χ0v) is 20.1. The lowest BCUT2D eigenvalue weighted by molar-refractivity contribution is 0.102. The number of rotatable bonds is 6. The summed E-state index contributed by atoms with van der Waals surface area (Å²) in [7, 11) is 1.62. The van der Waals surface area contributed by atoms with Crippen LogP contribution in [0.2, 0.25) is 5.02 Å². The van der Waals surface area contributed by atoms with Gasteiger partial charge in [0.1, 0.15) is 5.75 Å². The second-order valence-corrected chi connectivity index (χ2v) is 9.19. The summed E-state index contributed by atoms with van der Waals surface area (Å²) in [5.41, 5.74) is 2.35. The molecule has 0 bridgehead atoms. The molecule has 0 saturated carbocycles. The van der Waals surface area contributed by atoms with Crippen LogP contribution in [0.5, 0.6) is 5.75 Å². The molecule has 0 radical (unpaired) electrons. The first-order chi connectivity index (χ1) is 15.9. The zero-order valence-electron chi connectivity index (χ0n) is 18.5. The summed E-state index contributed by atoms with van der Waals surface area (Å²) >= 11 is 7.36. The molecule has 170 valence electrons. The quantitative estimate of drug-likeness (QED) is 0.512. The Hall–Kier alpha value is -3.05. The highest BCUT2D eigenvalue weighted by molar-refractivity contribution is 7.14. The molecule has 0 aliphatic carbocycles. The van der Waals surface area contributed by atoms with Crippen molar-refractivity contribution in [3.05, 3.63) is 69.7 Å². The third kappa shape index (κ3) is 4.83. The lowest BCUT2D eigenvalue weighted by atomic mass is 9.81. The smallest absolute Gasteiger partial charge is 0.257 e. The van der Waals surface area contributed by atoms with E-state index in [1.165, 1.54) is 11.3 Å². The topological polar surface area (TPSA) is 66.5 Å². The maximum Gasteiger partial charge on any atom is 0.257 e. The number of hydrogen-bond donors (Lipinski definition) is 2. The molecule has 1 atom stereocenters.